The number of rotatable bonds is 4. The standard InChI is InChI=1S/C13H20N2S2/c1-3-5-11(12-6-4-7-16-12)15-13-14-8-10(2)9-17-13/h4,6-7,10-11H,3,5,8-9H2,1-2H3,(H,14,15). The minimum absolute atomic E-state index is 0.444. The number of thioether (sulfide) groups is 1. The number of hydrogen-bond acceptors (Lipinski definition) is 4. The van der Waals surface area contributed by atoms with Crippen molar-refractivity contribution in [3.05, 3.63) is 22.4 Å². The van der Waals surface area contributed by atoms with Crippen LogP contribution in [0.5, 0.6) is 0 Å². The quantitative estimate of drug-likeness (QED) is 0.895. The normalized spacial score (nSPS) is 22.0. The zero-order valence-electron chi connectivity index (χ0n) is 10.5. The zero-order valence-corrected chi connectivity index (χ0v) is 12.1. The molecule has 94 valence electrons. The van der Waals surface area contributed by atoms with Crippen LogP contribution in [0.1, 0.15) is 37.6 Å². The van der Waals surface area contributed by atoms with Crippen molar-refractivity contribution in [2.45, 2.75) is 32.7 Å². The summed E-state index contributed by atoms with van der Waals surface area (Å²) in [5.41, 5.74) is 0. The molecule has 2 nitrogen and oxygen atoms in total. The maximum atomic E-state index is 4.62. The van der Waals surface area contributed by atoms with Crippen LogP contribution in [0.2, 0.25) is 0 Å². The van der Waals surface area contributed by atoms with Crippen LogP contribution in [-0.4, -0.2) is 17.5 Å². The van der Waals surface area contributed by atoms with Crippen molar-refractivity contribution in [2.24, 2.45) is 10.9 Å². The van der Waals surface area contributed by atoms with Crippen LogP contribution in [-0.2, 0) is 0 Å². The molecule has 1 aromatic heterocycles. The molecule has 0 saturated carbocycles. The van der Waals surface area contributed by atoms with Crippen LogP contribution >= 0.6 is 23.1 Å². The molecule has 2 rings (SSSR count). The molecule has 1 aromatic rings. The van der Waals surface area contributed by atoms with Crippen LogP contribution in [0.15, 0.2) is 22.5 Å². The van der Waals surface area contributed by atoms with E-state index in [9.17, 15) is 0 Å². The van der Waals surface area contributed by atoms with Gasteiger partial charge in [0, 0.05) is 17.2 Å². The number of thiophene rings is 1. The lowest BCUT2D eigenvalue weighted by Gasteiger charge is -2.23. The van der Waals surface area contributed by atoms with E-state index in [2.05, 4.69) is 41.7 Å². The Labute approximate surface area is 112 Å². The first-order valence-electron chi connectivity index (χ1n) is 6.26. The van der Waals surface area contributed by atoms with E-state index in [1.165, 1.54) is 23.5 Å². The topological polar surface area (TPSA) is 24.4 Å². The van der Waals surface area contributed by atoms with E-state index in [0.717, 1.165) is 17.6 Å². The lowest BCUT2D eigenvalue weighted by atomic mass is 10.1. The zero-order chi connectivity index (χ0) is 12.1. The van der Waals surface area contributed by atoms with Gasteiger partial charge >= 0.3 is 0 Å². The van der Waals surface area contributed by atoms with Gasteiger partial charge in [-0.05, 0) is 23.8 Å². The Hall–Kier alpha value is -0.480. The first-order valence-corrected chi connectivity index (χ1v) is 8.13. The molecule has 2 atom stereocenters. The molecule has 0 fully saturated rings. The van der Waals surface area contributed by atoms with Crippen molar-refractivity contribution in [2.75, 3.05) is 12.3 Å². The fraction of sp³-hybridized carbons (Fsp3) is 0.615. The highest BCUT2D eigenvalue weighted by atomic mass is 32.2. The Morgan fingerprint density at radius 2 is 2.47 bits per heavy atom. The van der Waals surface area contributed by atoms with Crippen LogP contribution in [0.4, 0.5) is 0 Å². The van der Waals surface area contributed by atoms with Gasteiger partial charge in [0.2, 0.25) is 0 Å². The maximum Gasteiger partial charge on any atom is 0.157 e. The smallest absolute Gasteiger partial charge is 0.157 e. The van der Waals surface area contributed by atoms with Crippen molar-refractivity contribution in [3.63, 3.8) is 0 Å². The molecule has 0 aliphatic carbocycles. The van der Waals surface area contributed by atoms with Crippen molar-refractivity contribution in [1.82, 2.24) is 5.32 Å². The largest absolute Gasteiger partial charge is 0.357 e. The monoisotopic (exact) mass is 268 g/mol. The number of nitrogens with one attached hydrogen (secondary N) is 1. The first kappa shape index (κ1) is 13.0. The van der Waals surface area contributed by atoms with Gasteiger partial charge in [-0.1, -0.05) is 38.1 Å². The second-order valence-corrected chi connectivity index (χ2v) is 6.55. The van der Waals surface area contributed by atoms with Gasteiger partial charge in [-0.3, -0.25) is 4.99 Å². The molecule has 2 unspecified atom stereocenters. The summed E-state index contributed by atoms with van der Waals surface area (Å²) in [5.74, 6) is 1.91. The molecule has 0 bridgehead atoms. The van der Waals surface area contributed by atoms with E-state index in [0.29, 0.717) is 6.04 Å². The summed E-state index contributed by atoms with van der Waals surface area (Å²) in [7, 11) is 0. The van der Waals surface area contributed by atoms with Gasteiger partial charge < -0.3 is 5.32 Å². The van der Waals surface area contributed by atoms with Gasteiger partial charge in [-0.2, -0.15) is 0 Å². The van der Waals surface area contributed by atoms with Crippen LogP contribution in [0.3, 0.4) is 0 Å². The van der Waals surface area contributed by atoms with Gasteiger partial charge in [0.15, 0.2) is 5.17 Å². The Bertz CT molecular complexity index is 360. The summed E-state index contributed by atoms with van der Waals surface area (Å²) in [6.07, 6.45) is 2.37. The molecular weight excluding hydrogens is 248 g/mol. The molecule has 1 aliphatic rings. The summed E-state index contributed by atoms with van der Waals surface area (Å²) in [5, 5.41) is 6.89. The van der Waals surface area contributed by atoms with Crippen molar-refractivity contribution in [3.8, 4) is 0 Å². The highest BCUT2D eigenvalue weighted by molar-refractivity contribution is 8.13. The van der Waals surface area contributed by atoms with E-state index in [1.54, 1.807) is 0 Å². The Morgan fingerprint density at radius 1 is 1.59 bits per heavy atom. The molecule has 17 heavy (non-hydrogen) atoms. The van der Waals surface area contributed by atoms with Crippen LogP contribution in [0, 0.1) is 5.92 Å². The summed E-state index contributed by atoms with van der Waals surface area (Å²) < 4.78 is 0. The SMILES string of the molecule is CCCC(NC1=NCC(C)CS1)c1cccs1. The molecule has 1 N–H and O–H groups in total. The molecular formula is C13H20N2S2. The van der Waals surface area contributed by atoms with E-state index >= 15 is 0 Å². The number of amidine groups is 1. The molecule has 0 saturated heterocycles. The summed E-state index contributed by atoms with van der Waals surface area (Å²) in [4.78, 5) is 6.04. The fourth-order valence-corrected chi connectivity index (χ4v) is 3.61. The average Bonchev–Trinajstić information content (AvgIpc) is 2.85. The molecule has 0 spiro atoms. The Balaban J connectivity index is 1.98. The van der Waals surface area contributed by atoms with Crippen molar-refractivity contribution < 1.29 is 0 Å². The second kappa shape index (κ2) is 6.45. The average molecular weight is 268 g/mol. The van der Waals surface area contributed by atoms with Crippen LogP contribution in [0.25, 0.3) is 0 Å². The lowest BCUT2D eigenvalue weighted by molar-refractivity contribution is 0.587. The first-order chi connectivity index (χ1) is 8.29. The second-order valence-electron chi connectivity index (χ2n) is 4.56. The van der Waals surface area contributed by atoms with Gasteiger partial charge in [-0.25, -0.2) is 0 Å². The van der Waals surface area contributed by atoms with Gasteiger partial charge in [0.05, 0.1) is 6.04 Å². The number of hydrogen-bond donors (Lipinski definition) is 1. The minimum Gasteiger partial charge on any atom is -0.357 e. The van der Waals surface area contributed by atoms with E-state index in [-0.39, 0.29) is 0 Å². The molecule has 0 radical (unpaired) electrons. The van der Waals surface area contributed by atoms with Gasteiger partial charge in [-0.15, -0.1) is 11.3 Å². The van der Waals surface area contributed by atoms with E-state index < -0.39 is 0 Å². The summed E-state index contributed by atoms with van der Waals surface area (Å²) in [6.45, 7) is 5.47. The summed E-state index contributed by atoms with van der Waals surface area (Å²) >= 11 is 3.70. The molecule has 1 aliphatic heterocycles. The van der Waals surface area contributed by atoms with Crippen LogP contribution < -0.4 is 5.32 Å². The molecule has 2 heterocycles. The Morgan fingerprint density at radius 3 is 3.06 bits per heavy atom. The predicted octanol–water partition coefficient (Wildman–Crippen LogP) is 3.92. The predicted molar refractivity (Wildman–Crippen MR) is 79.0 cm³/mol. The lowest BCUT2D eigenvalue weighted by Crippen LogP contribution is -2.29. The van der Waals surface area contributed by atoms with E-state index in [1.807, 2.05) is 23.1 Å². The third-order valence-corrected chi connectivity index (χ3v) is 5.05. The van der Waals surface area contributed by atoms with Gasteiger partial charge in [0.25, 0.3) is 0 Å². The Kier molecular flexibility index (Phi) is 4.92. The molecule has 4 heteroatoms. The minimum atomic E-state index is 0.444. The van der Waals surface area contributed by atoms with E-state index in [4.69, 9.17) is 0 Å². The molecule has 0 amide bonds. The fourth-order valence-electron chi connectivity index (χ4n) is 1.86. The van der Waals surface area contributed by atoms with Crippen molar-refractivity contribution in [1.29, 1.82) is 0 Å². The van der Waals surface area contributed by atoms with Crippen molar-refractivity contribution >= 4 is 28.3 Å². The highest BCUT2D eigenvalue weighted by Crippen LogP contribution is 2.25. The number of aliphatic imine (C=N–C) groups is 1. The highest BCUT2D eigenvalue weighted by Gasteiger charge is 2.17. The summed E-state index contributed by atoms with van der Waals surface area (Å²) in [6, 6.07) is 4.79. The maximum absolute atomic E-state index is 4.62. The molecule has 0 aromatic carbocycles. The number of nitrogens with zero attached hydrogens (tertiary/aromatic N) is 1. The third-order valence-electron chi connectivity index (χ3n) is 2.81. The van der Waals surface area contributed by atoms with Gasteiger partial charge in [0.1, 0.15) is 0 Å². The third kappa shape index (κ3) is 3.75.